The SMILES string of the molecule is O=C(CCn1ccc(C(=O)O)n1)Nc1cc(Oc2cccnc2)cc([N+](=O)[O-])c1. The van der Waals surface area contributed by atoms with E-state index < -0.39 is 16.8 Å². The first-order valence-corrected chi connectivity index (χ1v) is 8.34. The number of pyridine rings is 1. The lowest BCUT2D eigenvalue weighted by atomic mass is 10.2. The summed E-state index contributed by atoms with van der Waals surface area (Å²) in [6.07, 6.45) is 4.45. The predicted molar refractivity (Wildman–Crippen MR) is 99.8 cm³/mol. The van der Waals surface area contributed by atoms with E-state index in [1.54, 1.807) is 18.3 Å². The molecule has 2 heterocycles. The Balaban J connectivity index is 1.68. The van der Waals surface area contributed by atoms with Crippen molar-refractivity contribution in [3.8, 4) is 11.5 Å². The zero-order valence-corrected chi connectivity index (χ0v) is 14.9. The standard InChI is InChI=1S/C18H15N5O6/c24-17(4-7-22-6-3-16(21-22)18(25)26)20-12-8-13(23(27)28)10-15(9-12)29-14-2-1-5-19-11-14/h1-3,5-6,8-11H,4,7H2,(H,20,24)(H,25,26). The first kappa shape index (κ1) is 19.5. The van der Waals surface area contributed by atoms with E-state index in [1.807, 2.05) is 0 Å². The van der Waals surface area contributed by atoms with E-state index in [4.69, 9.17) is 9.84 Å². The number of nitrogens with zero attached hydrogens (tertiary/aromatic N) is 4. The Bertz CT molecular complexity index is 1050. The van der Waals surface area contributed by atoms with Gasteiger partial charge in [0, 0.05) is 37.5 Å². The van der Waals surface area contributed by atoms with Gasteiger partial charge in [-0.05, 0) is 18.2 Å². The number of aromatic carboxylic acids is 1. The second-order valence-electron chi connectivity index (χ2n) is 5.83. The van der Waals surface area contributed by atoms with E-state index >= 15 is 0 Å². The minimum Gasteiger partial charge on any atom is -0.476 e. The number of anilines is 1. The minimum atomic E-state index is -1.16. The molecule has 1 aromatic carbocycles. The number of rotatable bonds is 8. The summed E-state index contributed by atoms with van der Waals surface area (Å²) in [6, 6.07) is 8.52. The average Bonchev–Trinajstić information content (AvgIpc) is 3.16. The molecule has 1 amide bonds. The number of carbonyl (C=O) groups is 2. The van der Waals surface area contributed by atoms with Crippen molar-refractivity contribution in [3.05, 3.63) is 70.8 Å². The van der Waals surface area contributed by atoms with Crippen LogP contribution in [0, 0.1) is 10.1 Å². The van der Waals surface area contributed by atoms with E-state index in [9.17, 15) is 19.7 Å². The van der Waals surface area contributed by atoms with Crippen molar-refractivity contribution in [2.45, 2.75) is 13.0 Å². The molecular formula is C18H15N5O6. The van der Waals surface area contributed by atoms with E-state index in [0.717, 1.165) is 0 Å². The van der Waals surface area contributed by atoms with Crippen LogP contribution in [0.1, 0.15) is 16.9 Å². The maximum absolute atomic E-state index is 12.2. The molecule has 2 aromatic heterocycles. The summed E-state index contributed by atoms with van der Waals surface area (Å²) >= 11 is 0. The third-order valence-electron chi connectivity index (χ3n) is 3.68. The second kappa shape index (κ2) is 8.61. The summed E-state index contributed by atoms with van der Waals surface area (Å²) in [4.78, 5) is 37.5. The van der Waals surface area contributed by atoms with Crippen molar-refractivity contribution in [2.24, 2.45) is 0 Å². The third kappa shape index (κ3) is 5.35. The van der Waals surface area contributed by atoms with Crippen LogP contribution >= 0.6 is 0 Å². The summed E-state index contributed by atoms with van der Waals surface area (Å²) < 4.78 is 6.88. The molecule has 29 heavy (non-hydrogen) atoms. The number of hydrogen-bond donors (Lipinski definition) is 2. The summed E-state index contributed by atoms with van der Waals surface area (Å²) in [5.41, 5.74) is -0.184. The number of carbonyl (C=O) groups excluding carboxylic acids is 1. The van der Waals surface area contributed by atoms with Crippen molar-refractivity contribution in [1.82, 2.24) is 14.8 Å². The number of aromatic nitrogens is 3. The van der Waals surface area contributed by atoms with Crippen LogP contribution in [0.4, 0.5) is 11.4 Å². The number of hydrogen-bond acceptors (Lipinski definition) is 7. The number of nitro groups is 1. The van der Waals surface area contributed by atoms with Crippen LogP contribution in [0.15, 0.2) is 55.0 Å². The average molecular weight is 397 g/mol. The highest BCUT2D eigenvalue weighted by atomic mass is 16.6. The zero-order chi connectivity index (χ0) is 20.8. The summed E-state index contributed by atoms with van der Waals surface area (Å²) in [6.45, 7) is 0.146. The van der Waals surface area contributed by atoms with Gasteiger partial charge < -0.3 is 15.2 Å². The summed E-state index contributed by atoms with van der Waals surface area (Å²) in [7, 11) is 0. The van der Waals surface area contributed by atoms with E-state index in [2.05, 4.69) is 15.4 Å². The Labute approximate surface area is 163 Å². The van der Waals surface area contributed by atoms with Gasteiger partial charge in [0.1, 0.15) is 11.5 Å². The van der Waals surface area contributed by atoms with Crippen molar-refractivity contribution < 1.29 is 24.4 Å². The van der Waals surface area contributed by atoms with Crippen molar-refractivity contribution in [1.29, 1.82) is 0 Å². The second-order valence-corrected chi connectivity index (χ2v) is 5.83. The first-order valence-electron chi connectivity index (χ1n) is 8.34. The van der Waals surface area contributed by atoms with Crippen LogP contribution < -0.4 is 10.1 Å². The molecule has 11 heteroatoms. The molecule has 0 spiro atoms. The smallest absolute Gasteiger partial charge is 0.356 e. The van der Waals surface area contributed by atoms with Gasteiger partial charge in [0.25, 0.3) is 5.69 Å². The molecule has 0 atom stereocenters. The van der Waals surface area contributed by atoms with Gasteiger partial charge in [0.15, 0.2) is 5.69 Å². The van der Waals surface area contributed by atoms with E-state index in [-0.39, 0.29) is 35.8 Å². The fourth-order valence-corrected chi connectivity index (χ4v) is 2.40. The van der Waals surface area contributed by atoms with Crippen LogP contribution in [0.25, 0.3) is 0 Å². The molecule has 0 radical (unpaired) electrons. The van der Waals surface area contributed by atoms with Crippen LogP contribution in [0.5, 0.6) is 11.5 Å². The van der Waals surface area contributed by atoms with Crippen LogP contribution in [0.2, 0.25) is 0 Å². The van der Waals surface area contributed by atoms with E-state index in [1.165, 1.54) is 41.3 Å². The number of carboxylic acid groups (broad SMARTS) is 1. The Morgan fingerprint density at radius 2 is 2.07 bits per heavy atom. The highest BCUT2D eigenvalue weighted by Crippen LogP contribution is 2.29. The highest BCUT2D eigenvalue weighted by molar-refractivity contribution is 5.91. The third-order valence-corrected chi connectivity index (χ3v) is 3.68. The zero-order valence-electron chi connectivity index (χ0n) is 14.9. The van der Waals surface area contributed by atoms with Gasteiger partial charge in [-0.25, -0.2) is 4.79 Å². The molecule has 0 aliphatic heterocycles. The molecule has 0 bridgehead atoms. The van der Waals surface area contributed by atoms with Crippen LogP contribution in [-0.4, -0.2) is 36.7 Å². The molecule has 148 valence electrons. The maximum atomic E-state index is 12.2. The molecule has 0 unspecified atom stereocenters. The molecule has 0 aliphatic rings. The topological polar surface area (TPSA) is 149 Å². The van der Waals surface area contributed by atoms with Gasteiger partial charge in [-0.1, -0.05) is 0 Å². The maximum Gasteiger partial charge on any atom is 0.356 e. The Morgan fingerprint density at radius 1 is 1.24 bits per heavy atom. The molecule has 2 N–H and O–H groups in total. The van der Waals surface area contributed by atoms with Gasteiger partial charge >= 0.3 is 5.97 Å². The molecular weight excluding hydrogens is 382 g/mol. The van der Waals surface area contributed by atoms with Gasteiger partial charge in [-0.3, -0.25) is 24.6 Å². The summed E-state index contributed by atoms with van der Waals surface area (Å²) in [5.74, 6) is -1.03. The molecule has 0 aliphatic carbocycles. The van der Waals surface area contributed by atoms with Gasteiger partial charge in [-0.2, -0.15) is 5.10 Å². The molecule has 0 fully saturated rings. The number of carboxylic acids is 1. The van der Waals surface area contributed by atoms with E-state index in [0.29, 0.717) is 5.75 Å². The first-order chi connectivity index (χ1) is 13.9. The molecule has 0 saturated heterocycles. The largest absolute Gasteiger partial charge is 0.476 e. The molecule has 0 saturated carbocycles. The number of benzene rings is 1. The highest BCUT2D eigenvalue weighted by Gasteiger charge is 2.14. The number of nitrogens with one attached hydrogen (secondary N) is 1. The normalized spacial score (nSPS) is 10.3. The fourth-order valence-electron chi connectivity index (χ4n) is 2.40. The number of ether oxygens (including phenoxy) is 1. The molecule has 3 rings (SSSR count). The van der Waals surface area contributed by atoms with Crippen molar-refractivity contribution in [3.63, 3.8) is 0 Å². The fraction of sp³-hybridized carbons (Fsp3) is 0.111. The Hall–Kier alpha value is -4.28. The number of nitro benzene ring substituents is 1. The van der Waals surface area contributed by atoms with Gasteiger partial charge in [0.2, 0.25) is 5.91 Å². The van der Waals surface area contributed by atoms with Crippen molar-refractivity contribution in [2.75, 3.05) is 5.32 Å². The van der Waals surface area contributed by atoms with Crippen molar-refractivity contribution >= 4 is 23.3 Å². The van der Waals surface area contributed by atoms with Gasteiger partial charge in [-0.15, -0.1) is 0 Å². The lowest BCUT2D eigenvalue weighted by molar-refractivity contribution is -0.384. The van der Waals surface area contributed by atoms with Gasteiger partial charge in [0.05, 0.1) is 22.9 Å². The Morgan fingerprint density at radius 3 is 2.72 bits per heavy atom. The number of aryl methyl sites for hydroxylation is 1. The summed E-state index contributed by atoms with van der Waals surface area (Å²) in [5, 5.41) is 26.4. The predicted octanol–water partition coefficient (Wildman–Crippen LogP) is 2.71. The lowest BCUT2D eigenvalue weighted by Gasteiger charge is -2.09. The minimum absolute atomic E-state index is 0.0117. The monoisotopic (exact) mass is 397 g/mol. The molecule has 3 aromatic rings. The lowest BCUT2D eigenvalue weighted by Crippen LogP contribution is -2.15. The Kier molecular flexibility index (Phi) is 5.78. The number of non-ortho nitro benzene ring substituents is 1. The number of amides is 1. The molecule has 11 nitrogen and oxygen atoms in total. The quantitative estimate of drug-likeness (QED) is 0.435. The van der Waals surface area contributed by atoms with Crippen LogP contribution in [-0.2, 0) is 11.3 Å². The van der Waals surface area contributed by atoms with Crippen LogP contribution in [0.3, 0.4) is 0 Å².